The summed E-state index contributed by atoms with van der Waals surface area (Å²) < 4.78 is 13.2. The zero-order valence-corrected chi connectivity index (χ0v) is 13.4. The van der Waals surface area contributed by atoms with Gasteiger partial charge in [-0.25, -0.2) is 9.66 Å². The van der Waals surface area contributed by atoms with Gasteiger partial charge < -0.3 is 15.3 Å². The van der Waals surface area contributed by atoms with Crippen molar-refractivity contribution in [3.63, 3.8) is 0 Å². The second-order valence-electron chi connectivity index (χ2n) is 5.40. The molecule has 0 saturated carbocycles. The van der Waals surface area contributed by atoms with E-state index in [1.54, 1.807) is 49.6 Å². The van der Waals surface area contributed by atoms with Crippen molar-refractivity contribution < 1.29 is 9.47 Å². The van der Waals surface area contributed by atoms with Gasteiger partial charge in [0, 0.05) is 0 Å². The van der Waals surface area contributed by atoms with Crippen molar-refractivity contribution in [2.24, 2.45) is 0 Å². The lowest BCUT2D eigenvalue weighted by Gasteiger charge is -2.06. The van der Waals surface area contributed by atoms with Gasteiger partial charge in [0.2, 0.25) is 0 Å². The van der Waals surface area contributed by atoms with E-state index in [1.807, 2.05) is 6.07 Å². The Balaban J connectivity index is 1.70. The first-order chi connectivity index (χ1) is 12.2. The second kappa shape index (κ2) is 5.82. The highest BCUT2D eigenvalue weighted by atomic mass is 16.5. The van der Waals surface area contributed by atoms with Crippen LogP contribution < -0.4 is 20.9 Å². The molecule has 4 rings (SSSR count). The Kier molecular flexibility index (Phi) is 3.50. The SMILES string of the molecule is COc1ccc(OCc2nn3c(=O)c4ccccc4nc3n2N)cc1. The van der Waals surface area contributed by atoms with Gasteiger partial charge in [0.05, 0.1) is 18.0 Å². The monoisotopic (exact) mass is 337 g/mol. The molecule has 0 spiro atoms. The Hall–Kier alpha value is -3.55. The Labute approximate surface area is 142 Å². The predicted octanol–water partition coefficient (Wildman–Crippen LogP) is 1.35. The normalized spacial score (nSPS) is 11.1. The van der Waals surface area contributed by atoms with Gasteiger partial charge in [0.25, 0.3) is 11.3 Å². The number of nitrogens with two attached hydrogens (primary N) is 1. The molecular weight excluding hydrogens is 322 g/mol. The highest BCUT2D eigenvalue weighted by molar-refractivity contribution is 5.78. The lowest BCUT2D eigenvalue weighted by Crippen LogP contribution is -2.18. The van der Waals surface area contributed by atoms with Crippen molar-refractivity contribution in [1.82, 2.24) is 19.3 Å². The van der Waals surface area contributed by atoms with Crippen molar-refractivity contribution in [1.29, 1.82) is 0 Å². The maximum absolute atomic E-state index is 12.5. The molecule has 2 aromatic carbocycles. The molecule has 0 aliphatic rings. The van der Waals surface area contributed by atoms with Crippen LogP contribution in [-0.2, 0) is 6.61 Å². The van der Waals surface area contributed by atoms with Crippen molar-refractivity contribution >= 4 is 16.7 Å². The summed E-state index contributed by atoms with van der Waals surface area (Å²) in [5.41, 5.74) is 0.303. The van der Waals surface area contributed by atoms with E-state index in [4.69, 9.17) is 15.3 Å². The van der Waals surface area contributed by atoms with Crippen molar-refractivity contribution in [2.75, 3.05) is 13.0 Å². The quantitative estimate of drug-likeness (QED) is 0.565. The molecule has 2 aromatic heterocycles. The highest BCUT2D eigenvalue weighted by Gasteiger charge is 2.14. The topological polar surface area (TPSA) is 96.7 Å². The van der Waals surface area contributed by atoms with Crippen LogP contribution in [0.1, 0.15) is 5.82 Å². The molecule has 0 bridgehead atoms. The van der Waals surface area contributed by atoms with Crippen LogP contribution in [0, 0.1) is 0 Å². The summed E-state index contributed by atoms with van der Waals surface area (Å²) in [6, 6.07) is 14.2. The fraction of sp³-hybridized carbons (Fsp3) is 0.118. The molecule has 25 heavy (non-hydrogen) atoms. The number of para-hydroxylation sites is 1. The Bertz CT molecular complexity index is 1110. The number of hydrogen-bond acceptors (Lipinski definition) is 6. The number of nitrogens with zero attached hydrogens (tertiary/aromatic N) is 4. The van der Waals surface area contributed by atoms with Gasteiger partial charge in [0.15, 0.2) is 5.82 Å². The largest absolute Gasteiger partial charge is 0.497 e. The molecule has 8 nitrogen and oxygen atoms in total. The van der Waals surface area contributed by atoms with Crippen LogP contribution in [0.4, 0.5) is 0 Å². The standard InChI is InChI=1S/C17H15N5O3/c1-24-11-6-8-12(9-7-11)25-10-15-20-22-16(23)13-4-2-3-5-14(13)19-17(22)21(15)18/h2-9H,10,18H2,1H3. The van der Waals surface area contributed by atoms with Gasteiger partial charge in [-0.2, -0.15) is 4.52 Å². The molecule has 0 atom stereocenters. The van der Waals surface area contributed by atoms with Crippen molar-refractivity contribution in [3.05, 3.63) is 64.7 Å². The summed E-state index contributed by atoms with van der Waals surface area (Å²) in [7, 11) is 1.60. The lowest BCUT2D eigenvalue weighted by atomic mass is 10.2. The first kappa shape index (κ1) is 15.0. The lowest BCUT2D eigenvalue weighted by molar-refractivity contribution is 0.291. The van der Waals surface area contributed by atoms with Crippen LogP contribution >= 0.6 is 0 Å². The summed E-state index contributed by atoms with van der Waals surface area (Å²) in [6.45, 7) is 0.0992. The van der Waals surface area contributed by atoms with E-state index in [2.05, 4.69) is 10.1 Å². The van der Waals surface area contributed by atoms with E-state index in [9.17, 15) is 4.79 Å². The number of fused-ring (bicyclic) bond motifs is 2. The average Bonchev–Trinajstić information content (AvgIpc) is 2.97. The van der Waals surface area contributed by atoms with E-state index in [0.29, 0.717) is 22.5 Å². The number of nitrogen functional groups attached to an aromatic ring is 1. The van der Waals surface area contributed by atoms with Crippen LogP contribution in [-0.4, -0.2) is 26.4 Å². The van der Waals surface area contributed by atoms with Gasteiger partial charge in [0.1, 0.15) is 18.1 Å². The van der Waals surface area contributed by atoms with Crippen LogP contribution in [0.15, 0.2) is 53.3 Å². The fourth-order valence-electron chi connectivity index (χ4n) is 2.56. The molecular formula is C17H15N5O3. The number of benzene rings is 2. The first-order valence-corrected chi connectivity index (χ1v) is 7.59. The molecule has 2 N–H and O–H groups in total. The molecule has 0 unspecified atom stereocenters. The third-order valence-electron chi connectivity index (χ3n) is 3.87. The minimum atomic E-state index is -0.268. The van der Waals surface area contributed by atoms with Gasteiger partial charge >= 0.3 is 0 Å². The minimum Gasteiger partial charge on any atom is -0.497 e. The Morgan fingerprint density at radius 1 is 1.08 bits per heavy atom. The maximum Gasteiger partial charge on any atom is 0.283 e. The van der Waals surface area contributed by atoms with Crippen LogP contribution in [0.25, 0.3) is 16.7 Å². The molecule has 2 heterocycles. The Morgan fingerprint density at radius 3 is 2.56 bits per heavy atom. The number of aromatic nitrogens is 4. The molecule has 4 aromatic rings. The molecule has 8 heteroatoms. The van der Waals surface area contributed by atoms with Gasteiger partial charge in [-0.15, -0.1) is 5.10 Å². The maximum atomic E-state index is 12.5. The van der Waals surface area contributed by atoms with Gasteiger partial charge in [-0.05, 0) is 36.4 Å². The van der Waals surface area contributed by atoms with Crippen LogP contribution in [0.5, 0.6) is 11.5 Å². The summed E-state index contributed by atoms with van der Waals surface area (Å²) >= 11 is 0. The molecule has 126 valence electrons. The highest BCUT2D eigenvalue weighted by Crippen LogP contribution is 2.18. The second-order valence-corrected chi connectivity index (χ2v) is 5.40. The molecule has 0 fully saturated rings. The smallest absolute Gasteiger partial charge is 0.283 e. The zero-order chi connectivity index (χ0) is 17.4. The zero-order valence-electron chi connectivity index (χ0n) is 13.4. The average molecular weight is 337 g/mol. The number of hydrogen-bond donors (Lipinski definition) is 1. The summed E-state index contributed by atoms with van der Waals surface area (Å²) in [5.74, 6) is 8.06. The molecule has 0 radical (unpaired) electrons. The summed E-state index contributed by atoms with van der Waals surface area (Å²) in [4.78, 5) is 16.9. The minimum absolute atomic E-state index is 0.0992. The summed E-state index contributed by atoms with van der Waals surface area (Å²) in [6.07, 6.45) is 0. The van der Waals surface area contributed by atoms with Gasteiger partial charge in [-0.1, -0.05) is 12.1 Å². The molecule has 0 amide bonds. The molecule has 0 aliphatic heterocycles. The van der Waals surface area contributed by atoms with E-state index in [1.165, 1.54) is 9.19 Å². The van der Waals surface area contributed by atoms with Crippen LogP contribution in [0.2, 0.25) is 0 Å². The Morgan fingerprint density at radius 2 is 1.80 bits per heavy atom. The van der Waals surface area contributed by atoms with Crippen molar-refractivity contribution in [2.45, 2.75) is 6.61 Å². The first-order valence-electron chi connectivity index (χ1n) is 7.59. The van der Waals surface area contributed by atoms with E-state index >= 15 is 0 Å². The predicted molar refractivity (Wildman–Crippen MR) is 92.2 cm³/mol. The number of methoxy groups -OCH3 is 1. The van der Waals surface area contributed by atoms with E-state index in [-0.39, 0.29) is 17.9 Å². The summed E-state index contributed by atoms with van der Waals surface area (Å²) in [5, 5.41) is 4.73. The third-order valence-corrected chi connectivity index (χ3v) is 3.87. The third kappa shape index (κ3) is 2.53. The van der Waals surface area contributed by atoms with Gasteiger partial charge in [-0.3, -0.25) is 4.79 Å². The van der Waals surface area contributed by atoms with E-state index in [0.717, 1.165) is 5.75 Å². The van der Waals surface area contributed by atoms with E-state index < -0.39 is 0 Å². The molecule has 0 aliphatic carbocycles. The molecule has 0 saturated heterocycles. The van der Waals surface area contributed by atoms with Crippen LogP contribution in [0.3, 0.4) is 0 Å². The fourth-order valence-corrected chi connectivity index (χ4v) is 2.56. The number of ether oxygens (including phenoxy) is 2. The number of rotatable bonds is 4. The van der Waals surface area contributed by atoms with Crippen molar-refractivity contribution in [3.8, 4) is 11.5 Å².